The summed E-state index contributed by atoms with van der Waals surface area (Å²) in [6.07, 6.45) is 3.66. The van der Waals surface area contributed by atoms with E-state index in [1.807, 2.05) is 24.5 Å². The van der Waals surface area contributed by atoms with Crippen molar-refractivity contribution in [3.8, 4) is 0 Å². The van der Waals surface area contributed by atoms with Crippen molar-refractivity contribution in [2.45, 2.75) is 45.7 Å². The highest BCUT2D eigenvalue weighted by Gasteiger charge is 2.17. The third-order valence-corrected chi connectivity index (χ3v) is 3.93. The monoisotopic (exact) mass is 275 g/mol. The number of hydrogen-bond donors (Lipinski definition) is 1. The average Bonchev–Trinajstić information content (AvgIpc) is 2.86. The summed E-state index contributed by atoms with van der Waals surface area (Å²) in [5.41, 5.74) is 2.55. The molecule has 2 heterocycles. The van der Waals surface area contributed by atoms with Crippen LogP contribution in [0, 0.1) is 0 Å². The topological polar surface area (TPSA) is 37.8 Å². The summed E-state index contributed by atoms with van der Waals surface area (Å²) < 4.78 is 0. The van der Waals surface area contributed by atoms with Gasteiger partial charge in [0, 0.05) is 35.8 Å². The van der Waals surface area contributed by atoms with Crippen molar-refractivity contribution in [1.29, 1.82) is 0 Å². The quantitative estimate of drug-likeness (QED) is 0.925. The van der Waals surface area contributed by atoms with Gasteiger partial charge >= 0.3 is 0 Å². The van der Waals surface area contributed by atoms with E-state index in [4.69, 9.17) is 4.98 Å². The number of nitrogens with zero attached hydrogens (tertiary/aromatic N) is 2. The lowest BCUT2D eigenvalue weighted by Gasteiger charge is -2.15. The molecule has 0 fully saturated rings. The molecule has 0 amide bonds. The molecule has 0 aliphatic rings. The molecule has 2 aromatic rings. The Hall–Kier alpha value is -1.26. The van der Waals surface area contributed by atoms with E-state index in [0.717, 1.165) is 11.6 Å². The summed E-state index contributed by atoms with van der Waals surface area (Å²) in [5, 5.41) is 6.81. The van der Waals surface area contributed by atoms with E-state index < -0.39 is 0 Å². The molecular formula is C15H21N3S. The Morgan fingerprint density at radius 2 is 1.95 bits per heavy atom. The first-order chi connectivity index (χ1) is 8.97. The second-order valence-corrected chi connectivity index (χ2v) is 6.70. The maximum absolute atomic E-state index is 4.69. The zero-order chi connectivity index (χ0) is 13.9. The predicted octanol–water partition coefficient (Wildman–Crippen LogP) is 3.69. The summed E-state index contributed by atoms with van der Waals surface area (Å²) in [7, 11) is 0. The van der Waals surface area contributed by atoms with Gasteiger partial charge in [-0.15, -0.1) is 11.3 Å². The molecule has 0 bridgehead atoms. The molecule has 3 nitrogen and oxygen atoms in total. The van der Waals surface area contributed by atoms with Gasteiger partial charge in [0.05, 0.1) is 5.69 Å². The fraction of sp³-hybridized carbons (Fsp3) is 0.467. The Morgan fingerprint density at radius 3 is 2.53 bits per heavy atom. The van der Waals surface area contributed by atoms with Crippen LogP contribution >= 0.6 is 11.3 Å². The molecule has 0 saturated heterocycles. The Morgan fingerprint density at radius 1 is 1.26 bits per heavy atom. The van der Waals surface area contributed by atoms with Crippen molar-refractivity contribution in [3.05, 3.63) is 46.2 Å². The fourth-order valence-corrected chi connectivity index (χ4v) is 2.72. The van der Waals surface area contributed by atoms with Gasteiger partial charge in [-0.3, -0.25) is 4.98 Å². The number of hydrogen-bond acceptors (Lipinski definition) is 4. The minimum Gasteiger partial charge on any atom is -0.304 e. The van der Waals surface area contributed by atoms with Crippen LogP contribution < -0.4 is 5.32 Å². The van der Waals surface area contributed by atoms with Crippen LogP contribution in [0.2, 0.25) is 0 Å². The van der Waals surface area contributed by atoms with E-state index in [2.05, 4.69) is 43.4 Å². The lowest BCUT2D eigenvalue weighted by molar-refractivity contribution is 0.554. The van der Waals surface area contributed by atoms with Gasteiger partial charge < -0.3 is 5.32 Å². The van der Waals surface area contributed by atoms with Gasteiger partial charge in [-0.2, -0.15) is 0 Å². The molecule has 0 spiro atoms. The fourth-order valence-electron chi connectivity index (χ4n) is 1.75. The number of nitrogens with one attached hydrogen (secondary N) is 1. The molecule has 1 atom stereocenters. The van der Waals surface area contributed by atoms with E-state index in [9.17, 15) is 0 Å². The molecule has 0 radical (unpaired) electrons. The van der Waals surface area contributed by atoms with Crippen molar-refractivity contribution in [1.82, 2.24) is 15.3 Å². The number of aromatic nitrogens is 2. The lowest BCUT2D eigenvalue weighted by atomic mass is 9.93. The summed E-state index contributed by atoms with van der Waals surface area (Å²) in [5.74, 6) is 0. The molecule has 19 heavy (non-hydrogen) atoms. The summed E-state index contributed by atoms with van der Waals surface area (Å²) in [6.45, 7) is 9.55. The van der Waals surface area contributed by atoms with Gasteiger partial charge in [0.25, 0.3) is 0 Å². The molecule has 0 aliphatic carbocycles. The van der Waals surface area contributed by atoms with E-state index in [1.54, 1.807) is 11.3 Å². The van der Waals surface area contributed by atoms with Crippen molar-refractivity contribution in [2.75, 3.05) is 0 Å². The summed E-state index contributed by atoms with van der Waals surface area (Å²) >= 11 is 1.73. The first-order valence-electron chi connectivity index (χ1n) is 6.55. The number of pyridine rings is 1. The van der Waals surface area contributed by atoms with Gasteiger partial charge in [0.2, 0.25) is 0 Å². The van der Waals surface area contributed by atoms with Crippen LogP contribution in [0.4, 0.5) is 0 Å². The molecule has 102 valence electrons. The zero-order valence-corrected chi connectivity index (χ0v) is 12.8. The number of thiazole rings is 1. The van der Waals surface area contributed by atoms with Crippen molar-refractivity contribution in [3.63, 3.8) is 0 Å². The van der Waals surface area contributed by atoms with Gasteiger partial charge in [0.1, 0.15) is 5.01 Å². The minimum atomic E-state index is 0.130. The lowest BCUT2D eigenvalue weighted by Crippen LogP contribution is -2.18. The Kier molecular flexibility index (Phi) is 4.32. The zero-order valence-electron chi connectivity index (χ0n) is 12.0. The molecule has 2 rings (SSSR count). The maximum Gasteiger partial charge on any atom is 0.107 e. The van der Waals surface area contributed by atoms with Crippen LogP contribution in [-0.4, -0.2) is 9.97 Å². The third-order valence-electron chi connectivity index (χ3n) is 3.09. The first kappa shape index (κ1) is 14.2. The second-order valence-electron chi connectivity index (χ2n) is 5.76. The molecule has 0 aromatic carbocycles. The molecule has 0 aliphatic heterocycles. The molecule has 1 unspecified atom stereocenters. The van der Waals surface area contributed by atoms with Crippen molar-refractivity contribution in [2.24, 2.45) is 0 Å². The predicted molar refractivity (Wildman–Crippen MR) is 80.3 cm³/mol. The van der Waals surface area contributed by atoms with E-state index in [-0.39, 0.29) is 5.41 Å². The van der Waals surface area contributed by atoms with Crippen LogP contribution in [0.5, 0.6) is 0 Å². The molecule has 2 aromatic heterocycles. The highest BCUT2D eigenvalue weighted by molar-refractivity contribution is 7.09. The molecular weight excluding hydrogens is 254 g/mol. The van der Waals surface area contributed by atoms with Crippen LogP contribution in [0.15, 0.2) is 29.9 Å². The second kappa shape index (κ2) is 5.80. The smallest absolute Gasteiger partial charge is 0.107 e. The minimum absolute atomic E-state index is 0.130. The summed E-state index contributed by atoms with van der Waals surface area (Å²) in [4.78, 5) is 8.73. The van der Waals surface area contributed by atoms with Crippen LogP contribution in [0.25, 0.3) is 0 Å². The third kappa shape index (κ3) is 3.85. The summed E-state index contributed by atoms with van der Waals surface area (Å²) in [6, 6.07) is 4.39. The molecule has 0 saturated carbocycles. The Bertz CT molecular complexity index is 514. The SMILES string of the molecule is CC(NCc1nc(C(C)(C)C)cs1)c1ccncc1. The molecule has 4 heteroatoms. The van der Waals surface area contributed by atoms with E-state index >= 15 is 0 Å². The Balaban J connectivity index is 1.94. The van der Waals surface area contributed by atoms with Gasteiger partial charge in [0.15, 0.2) is 0 Å². The van der Waals surface area contributed by atoms with Gasteiger partial charge in [-0.1, -0.05) is 20.8 Å². The van der Waals surface area contributed by atoms with Crippen molar-refractivity contribution < 1.29 is 0 Å². The average molecular weight is 275 g/mol. The van der Waals surface area contributed by atoms with Crippen LogP contribution in [0.1, 0.15) is 50.0 Å². The highest BCUT2D eigenvalue weighted by Crippen LogP contribution is 2.24. The highest BCUT2D eigenvalue weighted by atomic mass is 32.1. The van der Waals surface area contributed by atoms with Gasteiger partial charge in [-0.05, 0) is 24.6 Å². The van der Waals surface area contributed by atoms with Gasteiger partial charge in [-0.25, -0.2) is 4.98 Å². The van der Waals surface area contributed by atoms with Crippen LogP contribution in [-0.2, 0) is 12.0 Å². The normalized spacial score (nSPS) is 13.5. The number of rotatable bonds is 4. The van der Waals surface area contributed by atoms with Crippen molar-refractivity contribution >= 4 is 11.3 Å². The largest absolute Gasteiger partial charge is 0.304 e. The van der Waals surface area contributed by atoms with E-state index in [0.29, 0.717) is 6.04 Å². The van der Waals surface area contributed by atoms with Crippen LogP contribution in [0.3, 0.4) is 0 Å². The maximum atomic E-state index is 4.69. The Labute approximate surface area is 119 Å². The molecule has 1 N–H and O–H groups in total. The first-order valence-corrected chi connectivity index (χ1v) is 7.43. The standard InChI is InChI=1S/C15H21N3S/c1-11(12-5-7-16-8-6-12)17-9-14-18-13(10-19-14)15(2,3)4/h5-8,10-11,17H,9H2,1-4H3. The van der Waals surface area contributed by atoms with E-state index in [1.165, 1.54) is 11.3 Å².